The predicted octanol–water partition coefficient (Wildman–Crippen LogP) is 2.66. The summed E-state index contributed by atoms with van der Waals surface area (Å²) in [5, 5.41) is 2.71. The predicted molar refractivity (Wildman–Crippen MR) is 95.8 cm³/mol. The Labute approximate surface area is 147 Å². The molecule has 0 saturated carbocycles. The SMILES string of the molecule is COc1ccccc1OCC#CCNC(=O)[C@H](C)Oc1ccccc1. The van der Waals surface area contributed by atoms with Gasteiger partial charge in [-0.3, -0.25) is 4.79 Å². The van der Waals surface area contributed by atoms with Gasteiger partial charge >= 0.3 is 0 Å². The van der Waals surface area contributed by atoms with E-state index in [4.69, 9.17) is 14.2 Å². The second-order valence-corrected chi connectivity index (χ2v) is 5.08. The highest BCUT2D eigenvalue weighted by atomic mass is 16.5. The van der Waals surface area contributed by atoms with E-state index in [0.29, 0.717) is 17.2 Å². The highest BCUT2D eigenvalue weighted by molar-refractivity contribution is 5.80. The summed E-state index contributed by atoms with van der Waals surface area (Å²) >= 11 is 0. The van der Waals surface area contributed by atoms with Crippen LogP contribution in [0.2, 0.25) is 0 Å². The van der Waals surface area contributed by atoms with Crippen LogP contribution in [0.1, 0.15) is 6.92 Å². The molecule has 130 valence electrons. The Morgan fingerprint density at radius 3 is 2.44 bits per heavy atom. The van der Waals surface area contributed by atoms with Crippen LogP contribution in [0.15, 0.2) is 54.6 Å². The van der Waals surface area contributed by atoms with Crippen LogP contribution in [0.4, 0.5) is 0 Å². The normalized spacial score (nSPS) is 10.8. The molecule has 2 rings (SSSR count). The third-order valence-electron chi connectivity index (χ3n) is 3.27. The first-order valence-electron chi connectivity index (χ1n) is 7.91. The van der Waals surface area contributed by atoms with Crippen molar-refractivity contribution in [3.8, 4) is 29.1 Å². The number of carbonyl (C=O) groups excluding carboxylic acids is 1. The molecule has 0 unspecified atom stereocenters. The van der Waals surface area contributed by atoms with Crippen LogP contribution < -0.4 is 19.5 Å². The summed E-state index contributed by atoms with van der Waals surface area (Å²) in [4.78, 5) is 11.9. The summed E-state index contributed by atoms with van der Waals surface area (Å²) in [5.74, 6) is 7.41. The summed E-state index contributed by atoms with van der Waals surface area (Å²) < 4.78 is 16.3. The Hall–Kier alpha value is -3.13. The molecule has 0 saturated heterocycles. The molecule has 0 heterocycles. The average Bonchev–Trinajstić information content (AvgIpc) is 2.65. The maximum Gasteiger partial charge on any atom is 0.261 e. The van der Waals surface area contributed by atoms with Gasteiger partial charge < -0.3 is 19.5 Å². The number of benzene rings is 2. The summed E-state index contributed by atoms with van der Waals surface area (Å²) in [6, 6.07) is 16.6. The molecular formula is C20H21NO4. The van der Waals surface area contributed by atoms with Gasteiger partial charge in [-0.15, -0.1) is 0 Å². The number of para-hydroxylation sites is 3. The highest BCUT2D eigenvalue weighted by Gasteiger charge is 2.13. The first kappa shape index (κ1) is 18.2. The fourth-order valence-corrected chi connectivity index (χ4v) is 2.00. The maximum absolute atomic E-state index is 11.9. The van der Waals surface area contributed by atoms with Gasteiger partial charge in [0.15, 0.2) is 17.6 Å². The molecule has 5 heteroatoms. The van der Waals surface area contributed by atoms with Gasteiger partial charge in [-0.2, -0.15) is 0 Å². The average molecular weight is 339 g/mol. The van der Waals surface area contributed by atoms with Crippen molar-refractivity contribution >= 4 is 5.91 Å². The van der Waals surface area contributed by atoms with Crippen molar-refractivity contribution in [1.29, 1.82) is 0 Å². The Morgan fingerprint density at radius 1 is 1.04 bits per heavy atom. The minimum absolute atomic E-state index is 0.215. The Morgan fingerprint density at radius 2 is 1.72 bits per heavy atom. The van der Waals surface area contributed by atoms with E-state index in [2.05, 4.69) is 17.2 Å². The van der Waals surface area contributed by atoms with E-state index < -0.39 is 6.10 Å². The molecule has 0 spiro atoms. The number of hydrogen-bond acceptors (Lipinski definition) is 4. The first-order chi connectivity index (χ1) is 12.2. The van der Waals surface area contributed by atoms with Gasteiger partial charge in [-0.25, -0.2) is 0 Å². The first-order valence-corrected chi connectivity index (χ1v) is 7.91. The van der Waals surface area contributed by atoms with Crippen molar-refractivity contribution in [3.05, 3.63) is 54.6 Å². The van der Waals surface area contributed by atoms with Crippen molar-refractivity contribution in [3.63, 3.8) is 0 Å². The zero-order valence-corrected chi connectivity index (χ0v) is 14.3. The van der Waals surface area contributed by atoms with E-state index in [1.54, 1.807) is 26.2 Å². The summed E-state index contributed by atoms with van der Waals surface area (Å²) in [5.41, 5.74) is 0. The Balaban J connectivity index is 1.70. The third kappa shape index (κ3) is 6.11. The molecule has 1 amide bonds. The molecule has 1 atom stereocenters. The van der Waals surface area contributed by atoms with Crippen molar-refractivity contribution in [2.24, 2.45) is 0 Å². The smallest absolute Gasteiger partial charge is 0.261 e. The third-order valence-corrected chi connectivity index (χ3v) is 3.27. The van der Waals surface area contributed by atoms with Gasteiger partial charge in [-0.1, -0.05) is 42.2 Å². The lowest BCUT2D eigenvalue weighted by Crippen LogP contribution is -2.36. The van der Waals surface area contributed by atoms with Crippen molar-refractivity contribution in [2.75, 3.05) is 20.3 Å². The molecule has 2 aromatic rings. The van der Waals surface area contributed by atoms with Gasteiger partial charge in [0.1, 0.15) is 12.4 Å². The lowest BCUT2D eigenvalue weighted by atomic mass is 10.3. The topological polar surface area (TPSA) is 56.8 Å². The zero-order valence-electron chi connectivity index (χ0n) is 14.3. The van der Waals surface area contributed by atoms with Crippen LogP contribution >= 0.6 is 0 Å². The minimum atomic E-state index is -0.589. The van der Waals surface area contributed by atoms with Crippen molar-refractivity contribution in [2.45, 2.75) is 13.0 Å². The van der Waals surface area contributed by atoms with E-state index in [-0.39, 0.29) is 19.1 Å². The van der Waals surface area contributed by atoms with E-state index >= 15 is 0 Å². The summed E-state index contributed by atoms with van der Waals surface area (Å²) in [6.45, 7) is 2.14. The van der Waals surface area contributed by atoms with Gasteiger partial charge in [0.25, 0.3) is 5.91 Å². The highest BCUT2D eigenvalue weighted by Crippen LogP contribution is 2.25. The van der Waals surface area contributed by atoms with E-state index in [0.717, 1.165) is 0 Å². The molecule has 0 bridgehead atoms. The molecule has 0 aromatic heterocycles. The molecule has 0 aliphatic rings. The molecule has 25 heavy (non-hydrogen) atoms. The number of hydrogen-bond donors (Lipinski definition) is 1. The molecule has 0 fully saturated rings. The van der Waals surface area contributed by atoms with E-state index in [1.807, 2.05) is 42.5 Å². The number of methoxy groups -OCH3 is 1. The zero-order chi connectivity index (χ0) is 17.9. The van der Waals surface area contributed by atoms with Gasteiger partial charge in [0, 0.05) is 0 Å². The second-order valence-electron chi connectivity index (χ2n) is 5.08. The number of nitrogens with one attached hydrogen (secondary N) is 1. The second kappa shape index (κ2) is 9.89. The van der Waals surface area contributed by atoms with Gasteiger partial charge in [-0.05, 0) is 31.2 Å². The lowest BCUT2D eigenvalue weighted by Gasteiger charge is -2.13. The van der Waals surface area contributed by atoms with Crippen LogP contribution in [0.5, 0.6) is 17.2 Å². The molecule has 1 N–H and O–H groups in total. The quantitative estimate of drug-likeness (QED) is 0.788. The number of rotatable bonds is 7. The van der Waals surface area contributed by atoms with Crippen molar-refractivity contribution < 1.29 is 19.0 Å². The summed E-state index contributed by atoms with van der Waals surface area (Å²) in [6.07, 6.45) is -0.589. The molecule has 2 aromatic carbocycles. The molecule has 0 aliphatic heterocycles. The molecule has 0 radical (unpaired) electrons. The van der Waals surface area contributed by atoms with Crippen LogP contribution in [0.25, 0.3) is 0 Å². The standard InChI is InChI=1S/C20H21NO4/c1-16(25-17-10-4-3-5-11-17)20(22)21-14-8-9-15-24-19-13-7-6-12-18(19)23-2/h3-7,10-13,16H,14-15H2,1-2H3,(H,21,22)/t16-/m0/s1. The van der Waals surface area contributed by atoms with Crippen molar-refractivity contribution in [1.82, 2.24) is 5.32 Å². The van der Waals surface area contributed by atoms with Crippen LogP contribution in [-0.2, 0) is 4.79 Å². The number of carbonyl (C=O) groups is 1. The van der Waals surface area contributed by atoms with Crippen LogP contribution in [0, 0.1) is 11.8 Å². The Bertz CT molecular complexity index is 734. The van der Waals surface area contributed by atoms with Gasteiger partial charge in [0.2, 0.25) is 0 Å². The minimum Gasteiger partial charge on any atom is -0.493 e. The molecule has 0 aliphatic carbocycles. The molecule has 5 nitrogen and oxygen atoms in total. The van der Waals surface area contributed by atoms with Crippen LogP contribution in [0.3, 0.4) is 0 Å². The van der Waals surface area contributed by atoms with Gasteiger partial charge in [0.05, 0.1) is 13.7 Å². The maximum atomic E-state index is 11.9. The fourth-order valence-electron chi connectivity index (χ4n) is 2.00. The Kier molecular flexibility index (Phi) is 7.20. The fraction of sp³-hybridized carbons (Fsp3) is 0.250. The monoisotopic (exact) mass is 339 g/mol. The number of ether oxygens (including phenoxy) is 3. The number of amides is 1. The lowest BCUT2D eigenvalue weighted by molar-refractivity contribution is -0.126. The largest absolute Gasteiger partial charge is 0.493 e. The molecular weight excluding hydrogens is 318 g/mol. The van der Waals surface area contributed by atoms with Crippen LogP contribution in [-0.4, -0.2) is 32.3 Å². The summed E-state index contributed by atoms with van der Waals surface area (Å²) in [7, 11) is 1.59. The van der Waals surface area contributed by atoms with E-state index in [9.17, 15) is 4.79 Å². The van der Waals surface area contributed by atoms with E-state index in [1.165, 1.54) is 0 Å².